The second-order valence-electron chi connectivity index (χ2n) is 18.7. The van der Waals surface area contributed by atoms with Gasteiger partial charge in [-0.15, -0.1) is 0 Å². The first kappa shape index (κ1) is 41.1. The Labute approximate surface area is 346 Å². The Bertz CT molecular complexity index is 2170. The average Bonchev–Trinajstić information content (AvgIpc) is 4.14. The first-order valence-electron chi connectivity index (χ1n) is 21.1. The number of rotatable bonds is 9. The molecule has 1 saturated heterocycles. The number of ether oxygens (including phenoxy) is 2. The van der Waals surface area contributed by atoms with Gasteiger partial charge in [-0.1, -0.05) is 26.0 Å². The van der Waals surface area contributed by atoms with Gasteiger partial charge in [-0.3, -0.25) is 24.0 Å². The number of methoxy groups -OCH3 is 1. The molecule has 0 bridgehead atoms. The predicted molar refractivity (Wildman–Crippen MR) is 220 cm³/mol. The van der Waals surface area contributed by atoms with Gasteiger partial charge in [-0.05, 0) is 118 Å². The fraction of sp³-hybridized carbons (Fsp3) is 0.651. The number of hydrogen-bond donors (Lipinski definition) is 3. The molecular formula is C43H58N6O9S. The summed E-state index contributed by atoms with van der Waals surface area (Å²) in [6.45, 7) is 5.59. The molecule has 0 radical (unpaired) electrons. The van der Waals surface area contributed by atoms with Crippen LogP contribution in [0, 0.1) is 29.6 Å². The van der Waals surface area contributed by atoms with Gasteiger partial charge in [-0.2, -0.15) is 4.98 Å². The number of carbonyl (C=O) groups is 4. The van der Waals surface area contributed by atoms with Gasteiger partial charge in [0.1, 0.15) is 35.3 Å². The molecule has 1 aromatic heterocycles. The van der Waals surface area contributed by atoms with Gasteiger partial charge in [0, 0.05) is 37.9 Å². The Morgan fingerprint density at radius 1 is 1.05 bits per heavy atom. The number of pyridine rings is 1. The van der Waals surface area contributed by atoms with Crippen LogP contribution in [0.25, 0.3) is 10.8 Å². The van der Waals surface area contributed by atoms with Gasteiger partial charge in [0.05, 0.1) is 18.4 Å². The van der Waals surface area contributed by atoms with Crippen LogP contribution >= 0.6 is 0 Å². The Morgan fingerprint density at radius 3 is 2.44 bits per heavy atom. The first-order valence-corrected chi connectivity index (χ1v) is 22.6. The van der Waals surface area contributed by atoms with Crippen molar-refractivity contribution in [1.29, 1.82) is 0 Å². The number of hydrogen-bond acceptors (Lipinski definition) is 10. The predicted octanol–water partition coefficient (Wildman–Crippen LogP) is 4.69. The molecule has 15 nitrogen and oxygen atoms in total. The molecule has 16 heteroatoms. The van der Waals surface area contributed by atoms with Crippen LogP contribution < -0.4 is 24.4 Å². The van der Waals surface area contributed by atoms with E-state index in [1.54, 1.807) is 20.1 Å². The monoisotopic (exact) mass is 834 g/mol. The minimum absolute atomic E-state index is 0.0236. The lowest BCUT2D eigenvalue weighted by Gasteiger charge is -2.40. The van der Waals surface area contributed by atoms with Crippen LogP contribution in [0.1, 0.15) is 85.0 Å². The third-order valence-corrected chi connectivity index (χ3v) is 16.2. The van der Waals surface area contributed by atoms with Crippen molar-refractivity contribution >= 4 is 50.4 Å². The molecule has 3 N–H and O–H groups in total. The smallest absolute Gasteiger partial charge is 0.408 e. The van der Waals surface area contributed by atoms with E-state index in [1.165, 1.54) is 9.80 Å². The largest absolute Gasteiger partial charge is 0.497 e. The zero-order valence-electron chi connectivity index (χ0n) is 34.8. The lowest BCUT2D eigenvalue weighted by atomic mass is 9.86. The van der Waals surface area contributed by atoms with Crippen LogP contribution in [-0.2, 0) is 24.4 Å². The number of carbonyl (C=O) groups excluding carboxylic acids is 3. The fourth-order valence-electron chi connectivity index (χ4n) is 9.98. The standard InChI is InChI=1S/C43H58N6O9S/c1-24-9-7-8-10-29-22-43(29,40(52)46-59(55,56)42(3)13-14-42)45-37(50)34-21-32(58-38-33-12-11-31(57-6)19-28(33)20-35(44-38)47(4)5)23-48(34)39(51)36(25(2)15-24)49(41(53)54)30-17-26-16-27(26)18-30/h8,10-12,19-20,24-27,29-30,32,34,36H,7,9,13-18,21-23H2,1-6H3,(H,45,50)(H,46,52)(H,53,54)/b10-8-/t24-,25-,26+,27?,29-,30-,32-,34+,36+,43-/m1/s1. The highest BCUT2D eigenvalue weighted by Gasteiger charge is 2.63. The Morgan fingerprint density at radius 2 is 1.78 bits per heavy atom. The van der Waals surface area contributed by atoms with E-state index in [2.05, 4.69) is 17.0 Å². The van der Waals surface area contributed by atoms with Crippen LogP contribution in [0.15, 0.2) is 36.4 Å². The van der Waals surface area contributed by atoms with Crippen molar-refractivity contribution in [2.24, 2.45) is 29.6 Å². The van der Waals surface area contributed by atoms with Crippen LogP contribution in [0.2, 0.25) is 0 Å². The highest BCUT2D eigenvalue weighted by Crippen LogP contribution is 2.54. The summed E-state index contributed by atoms with van der Waals surface area (Å²) in [5.41, 5.74) is -1.55. The van der Waals surface area contributed by atoms with Gasteiger partial charge < -0.3 is 29.7 Å². The third kappa shape index (κ3) is 7.81. The van der Waals surface area contributed by atoms with E-state index >= 15 is 4.79 Å². The summed E-state index contributed by atoms with van der Waals surface area (Å²) in [7, 11) is 1.29. The zero-order chi connectivity index (χ0) is 42.2. The topological polar surface area (TPSA) is 188 Å². The molecule has 3 heterocycles. The summed E-state index contributed by atoms with van der Waals surface area (Å²) in [6, 6.07) is 4.90. The molecule has 59 heavy (non-hydrogen) atoms. The molecule has 1 unspecified atom stereocenters. The van der Waals surface area contributed by atoms with Crippen molar-refractivity contribution in [1.82, 2.24) is 24.8 Å². The van der Waals surface area contributed by atoms with E-state index < -0.39 is 68.2 Å². The lowest BCUT2D eigenvalue weighted by molar-refractivity contribution is -0.145. The van der Waals surface area contributed by atoms with E-state index in [1.807, 2.05) is 56.3 Å². The summed E-state index contributed by atoms with van der Waals surface area (Å²) in [6.07, 6.45) is 7.53. The van der Waals surface area contributed by atoms with Crippen molar-refractivity contribution in [2.45, 2.75) is 119 Å². The number of amides is 4. The number of sulfonamides is 1. The maximum atomic E-state index is 15.3. The molecule has 2 aliphatic heterocycles. The number of carboxylic acid groups (broad SMARTS) is 1. The van der Waals surface area contributed by atoms with E-state index in [0.717, 1.165) is 18.2 Å². The SMILES string of the molecule is COc1ccc2c(O[C@@H]3C[C@H]4C(=O)N[C@]5(C(=O)NS(=O)(=O)C6(C)CC6)C[C@H]5/C=C\CC[C@@H](C)C[C@@H](C)[C@H](N(C(=O)O)[C@H]5CC6C[C@H]6C5)C(=O)N4C3)nc(N(C)C)cc2c1. The number of fused-ring (bicyclic) bond motifs is 4. The molecule has 2 aromatic rings. The van der Waals surface area contributed by atoms with E-state index in [4.69, 9.17) is 14.5 Å². The van der Waals surface area contributed by atoms with Gasteiger partial charge in [0.25, 0.3) is 5.91 Å². The average molecular weight is 835 g/mol. The molecule has 4 aliphatic carbocycles. The molecule has 4 amide bonds. The van der Waals surface area contributed by atoms with Crippen LogP contribution in [0.3, 0.4) is 0 Å². The number of allylic oxidation sites excluding steroid dienone is 1. The highest BCUT2D eigenvalue weighted by molar-refractivity contribution is 7.91. The molecule has 6 aliphatic rings. The summed E-state index contributed by atoms with van der Waals surface area (Å²) >= 11 is 0. The number of nitrogens with one attached hydrogen (secondary N) is 2. The van der Waals surface area contributed by atoms with Gasteiger partial charge in [0.15, 0.2) is 0 Å². The number of anilines is 1. The second-order valence-corrected chi connectivity index (χ2v) is 20.9. The molecule has 8 rings (SSSR count). The molecule has 320 valence electrons. The molecule has 1 aromatic carbocycles. The minimum Gasteiger partial charge on any atom is -0.497 e. The van der Waals surface area contributed by atoms with Gasteiger partial charge in [-0.25, -0.2) is 13.2 Å². The van der Waals surface area contributed by atoms with Crippen molar-refractivity contribution in [3.8, 4) is 11.6 Å². The summed E-state index contributed by atoms with van der Waals surface area (Å²) in [4.78, 5) is 67.0. The van der Waals surface area contributed by atoms with Crippen molar-refractivity contribution < 1.29 is 42.2 Å². The van der Waals surface area contributed by atoms with Crippen LogP contribution in [0.5, 0.6) is 11.6 Å². The maximum absolute atomic E-state index is 15.3. The molecule has 10 atom stereocenters. The number of nitrogens with zero attached hydrogens (tertiary/aromatic N) is 4. The van der Waals surface area contributed by atoms with E-state index in [0.29, 0.717) is 73.2 Å². The van der Waals surface area contributed by atoms with Gasteiger partial charge in [0.2, 0.25) is 27.7 Å². The lowest BCUT2D eigenvalue weighted by Crippen LogP contribution is -2.61. The Hall–Kier alpha value is -4.60. The third-order valence-electron chi connectivity index (χ3n) is 14.1. The summed E-state index contributed by atoms with van der Waals surface area (Å²) in [5, 5.41) is 15.3. The fourth-order valence-corrected chi connectivity index (χ4v) is 11.3. The quantitative estimate of drug-likeness (QED) is 0.298. The van der Waals surface area contributed by atoms with Crippen LogP contribution in [0.4, 0.5) is 10.6 Å². The minimum atomic E-state index is -4.02. The van der Waals surface area contributed by atoms with Gasteiger partial charge >= 0.3 is 6.09 Å². The normalized spacial score (nSPS) is 34.2. The molecular weight excluding hydrogens is 777 g/mol. The molecule has 0 spiro atoms. The van der Waals surface area contributed by atoms with Crippen LogP contribution in [-0.4, -0.2) is 114 Å². The maximum Gasteiger partial charge on any atom is 0.408 e. The summed E-state index contributed by atoms with van der Waals surface area (Å²) < 4.78 is 40.0. The highest BCUT2D eigenvalue weighted by atomic mass is 32.2. The second kappa shape index (κ2) is 15.1. The molecule has 5 fully saturated rings. The van der Waals surface area contributed by atoms with Crippen molar-refractivity contribution in [3.05, 3.63) is 36.4 Å². The summed E-state index contributed by atoms with van der Waals surface area (Å²) in [5.74, 6) is -0.128. The molecule has 4 saturated carbocycles. The first-order chi connectivity index (χ1) is 27.9. The van der Waals surface area contributed by atoms with Crippen molar-refractivity contribution in [2.75, 3.05) is 32.6 Å². The van der Waals surface area contributed by atoms with E-state index in [-0.39, 0.29) is 37.3 Å². The Balaban J connectivity index is 1.17. The van der Waals surface area contributed by atoms with E-state index in [9.17, 15) is 27.9 Å². The zero-order valence-corrected chi connectivity index (χ0v) is 35.7. The number of benzene rings is 1. The van der Waals surface area contributed by atoms with Crippen molar-refractivity contribution in [3.63, 3.8) is 0 Å². The Kier molecular flexibility index (Phi) is 10.6. The number of aromatic nitrogens is 1.